The molecule has 0 amide bonds. The second-order valence-electron chi connectivity index (χ2n) is 5.47. The number of carboxylic acid groups (broad SMARTS) is 1. The van der Waals surface area contributed by atoms with Crippen molar-refractivity contribution in [2.75, 3.05) is 13.7 Å². The lowest BCUT2D eigenvalue weighted by Crippen LogP contribution is -2.46. The van der Waals surface area contributed by atoms with E-state index in [2.05, 4.69) is 0 Å². The molecular formula is C15H20FNO5S. The summed E-state index contributed by atoms with van der Waals surface area (Å²) in [6, 6.07) is 2.20. The molecule has 1 heterocycles. The molecule has 1 unspecified atom stereocenters. The maximum atomic E-state index is 13.8. The van der Waals surface area contributed by atoms with Crippen LogP contribution in [0.25, 0.3) is 0 Å². The van der Waals surface area contributed by atoms with Gasteiger partial charge < -0.3 is 9.84 Å². The number of aliphatic carboxylic acids is 1. The van der Waals surface area contributed by atoms with Gasteiger partial charge in [0.1, 0.15) is 6.04 Å². The number of sulfonamides is 1. The number of benzene rings is 1. The number of hydrogen-bond acceptors (Lipinski definition) is 4. The summed E-state index contributed by atoms with van der Waals surface area (Å²) < 4.78 is 45.1. The van der Waals surface area contributed by atoms with Gasteiger partial charge in [-0.3, -0.25) is 4.79 Å². The van der Waals surface area contributed by atoms with Crippen LogP contribution in [-0.2, 0) is 14.8 Å². The highest BCUT2D eigenvalue weighted by atomic mass is 32.2. The molecule has 1 saturated heterocycles. The van der Waals surface area contributed by atoms with Gasteiger partial charge in [-0.1, -0.05) is 19.3 Å². The Morgan fingerprint density at radius 3 is 2.61 bits per heavy atom. The number of ether oxygens (including phenoxy) is 1. The average Bonchev–Trinajstić information content (AvgIpc) is 2.46. The Kier molecular flexibility index (Phi) is 5.59. The molecule has 0 aliphatic carbocycles. The highest BCUT2D eigenvalue weighted by molar-refractivity contribution is 7.89. The van der Waals surface area contributed by atoms with E-state index < -0.39 is 27.9 Å². The first-order valence-electron chi connectivity index (χ1n) is 7.46. The summed E-state index contributed by atoms with van der Waals surface area (Å²) in [4.78, 5) is 11.2. The molecule has 23 heavy (non-hydrogen) atoms. The Morgan fingerprint density at radius 2 is 2.00 bits per heavy atom. The van der Waals surface area contributed by atoms with Crippen molar-refractivity contribution >= 4 is 16.0 Å². The lowest BCUT2D eigenvalue weighted by Gasteiger charge is -2.30. The lowest BCUT2D eigenvalue weighted by atomic mass is 10.0. The molecule has 1 aliphatic heterocycles. The van der Waals surface area contributed by atoms with Gasteiger partial charge in [-0.25, -0.2) is 12.8 Å². The van der Waals surface area contributed by atoms with Crippen molar-refractivity contribution in [3.8, 4) is 5.75 Å². The lowest BCUT2D eigenvalue weighted by molar-refractivity contribution is -0.141. The monoisotopic (exact) mass is 345 g/mol. The third kappa shape index (κ3) is 3.81. The van der Waals surface area contributed by atoms with E-state index in [0.29, 0.717) is 12.8 Å². The van der Waals surface area contributed by atoms with Gasteiger partial charge in [-0.15, -0.1) is 0 Å². The third-order valence-electron chi connectivity index (χ3n) is 3.97. The Labute approximate surface area is 134 Å². The number of methoxy groups -OCH3 is 1. The quantitative estimate of drug-likeness (QED) is 0.905. The molecule has 1 fully saturated rings. The molecule has 1 aromatic rings. The average molecular weight is 345 g/mol. The van der Waals surface area contributed by atoms with Crippen molar-refractivity contribution in [1.29, 1.82) is 0 Å². The van der Waals surface area contributed by atoms with Crippen molar-refractivity contribution < 1.29 is 27.4 Å². The molecule has 0 spiro atoms. The van der Waals surface area contributed by atoms with E-state index in [4.69, 9.17) is 4.74 Å². The fraction of sp³-hybridized carbons (Fsp3) is 0.533. The minimum atomic E-state index is -4.09. The van der Waals surface area contributed by atoms with Crippen LogP contribution in [0.5, 0.6) is 5.75 Å². The maximum absolute atomic E-state index is 13.8. The first kappa shape index (κ1) is 17.7. The van der Waals surface area contributed by atoms with Gasteiger partial charge in [0.25, 0.3) is 0 Å². The van der Waals surface area contributed by atoms with Crippen LogP contribution in [0.1, 0.15) is 32.1 Å². The van der Waals surface area contributed by atoms with Crippen molar-refractivity contribution in [3.05, 3.63) is 24.0 Å². The van der Waals surface area contributed by atoms with E-state index in [1.54, 1.807) is 0 Å². The smallest absolute Gasteiger partial charge is 0.322 e. The Morgan fingerprint density at radius 1 is 1.30 bits per heavy atom. The van der Waals surface area contributed by atoms with Crippen molar-refractivity contribution in [3.63, 3.8) is 0 Å². The summed E-state index contributed by atoms with van der Waals surface area (Å²) in [6.45, 7) is 0.118. The van der Waals surface area contributed by atoms with E-state index in [1.165, 1.54) is 19.2 Å². The molecule has 1 aromatic carbocycles. The van der Waals surface area contributed by atoms with Gasteiger partial charge in [0, 0.05) is 6.54 Å². The third-order valence-corrected chi connectivity index (χ3v) is 5.87. The standard InChI is InChI=1S/C15H20FNO5S/c1-22-14-8-7-11(10-12(14)16)23(20,21)17-9-5-3-2-4-6-13(17)15(18)19/h7-8,10,13H,2-6,9H2,1H3,(H,18,19). The summed E-state index contributed by atoms with van der Waals surface area (Å²) in [5.41, 5.74) is 0. The van der Waals surface area contributed by atoms with Crippen LogP contribution in [-0.4, -0.2) is 43.5 Å². The van der Waals surface area contributed by atoms with Gasteiger partial charge in [0.15, 0.2) is 11.6 Å². The van der Waals surface area contributed by atoms with Crippen LogP contribution in [0.4, 0.5) is 4.39 Å². The number of nitrogens with zero attached hydrogens (tertiary/aromatic N) is 1. The Balaban J connectivity index is 2.41. The number of hydrogen-bond donors (Lipinski definition) is 1. The number of carbonyl (C=O) groups is 1. The molecule has 128 valence electrons. The highest BCUT2D eigenvalue weighted by Gasteiger charge is 2.36. The molecule has 2 rings (SSSR count). The van der Waals surface area contributed by atoms with Crippen molar-refractivity contribution in [2.45, 2.75) is 43.0 Å². The van der Waals surface area contributed by atoms with Gasteiger partial charge in [-0.2, -0.15) is 4.31 Å². The Hall–Kier alpha value is -1.67. The van der Waals surface area contributed by atoms with E-state index in [1.807, 2.05) is 0 Å². The van der Waals surface area contributed by atoms with E-state index in [-0.39, 0.29) is 23.6 Å². The molecule has 0 aromatic heterocycles. The predicted molar refractivity (Wildman–Crippen MR) is 81.4 cm³/mol. The minimum Gasteiger partial charge on any atom is -0.494 e. The Bertz CT molecular complexity index is 676. The van der Waals surface area contributed by atoms with Crippen LogP contribution in [0.15, 0.2) is 23.1 Å². The molecule has 1 N–H and O–H groups in total. The first-order valence-corrected chi connectivity index (χ1v) is 8.90. The van der Waals surface area contributed by atoms with E-state index in [0.717, 1.165) is 23.2 Å². The van der Waals surface area contributed by atoms with Crippen LogP contribution in [0.3, 0.4) is 0 Å². The van der Waals surface area contributed by atoms with Crippen LogP contribution < -0.4 is 4.74 Å². The number of rotatable bonds is 4. The molecule has 1 atom stereocenters. The van der Waals surface area contributed by atoms with Crippen molar-refractivity contribution in [1.82, 2.24) is 4.31 Å². The molecule has 0 saturated carbocycles. The summed E-state index contributed by atoms with van der Waals surface area (Å²) >= 11 is 0. The highest BCUT2D eigenvalue weighted by Crippen LogP contribution is 2.27. The normalized spacial score (nSPS) is 20.5. The molecule has 8 heteroatoms. The van der Waals surface area contributed by atoms with Gasteiger partial charge >= 0.3 is 5.97 Å². The molecule has 0 bridgehead atoms. The second-order valence-corrected chi connectivity index (χ2v) is 7.36. The second kappa shape index (κ2) is 7.27. The van der Waals surface area contributed by atoms with Crippen molar-refractivity contribution in [2.24, 2.45) is 0 Å². The summed E-state index contributed by atoms with van der Waals surface area (Å²) in [5.74, 6) is -2.04. The molecule has 1 aliphatic rings. The number of carboxylic acids is 1. The zero-order chi connectivity index (χ0) is 17.0. The maximum Gasteiger partial charge on any atom is 0.322 e. The fourth-order valence-electron chi connectivity index (χ4n) is 2.74. The minimum absolute atomic E-state index is 0.0635. The van der Waals surface area contributed by atoms with E-state index in [9.17, 15) is 22.7 Å². The van der Waals surface area contributed by atoms with Gasteiger partial charge in [-0.05, 0) is 31.0 Å². The van der Waals surface area contributed by atoms with Crippen LogP contribution in [0.2, 0.25) is 0 Å². The summed E-state index contributed by atoms with van der Waals surface area (Å²) in [7, 11) is -2.80. The van der Waals surface area contributed by atoms with E-state index >= 15 is 0 Å². The SMILES string of the molecule is COc1ccc(S(=O)(=O)N2CCCCCCC2C(=O)O)cc1F. The molecule has 6 nitrogen and oxygen atoms in total. The van der Waals surface area contributed by atoms with Crippen LogP contribution >= 0.6 is 0 Å². The predicted octanol–water partition coefficient (Wildman–Crippen LogP) is 2.24. The molecule has 0 radical (unpaired) electrons. The number of halogens is 1. The largest absolute Gasteiger partial charge is 0.494 e. The zero-order valence-corrected chi connectivity index (χ0v) is 13.7. The zero-order valence-electron chi connectivity index (χ0n) is 12.9. The molecular weight excluding hydrogens is 325 g/mol. The fourth-order valence-corrected chi connectivity index (χ4v) is 4.40. The first-order chi connectivity index (χ1) is 10.9. The summed E-state index contributed by atoms with van der Waals surface area (Å²) in [6.07, 6.45) is 3.22. The summed E-state index contributed by atoms with van der Waals surface area (Å²) in [5, 5.41) is 9.37. The topological polar surface area (TPSA) is 83.9 Å². The van der Waals surface area contributed by atoms with Gasteiger partial charge in [0.05, 0.1) is 12.0 Å². The van der Waals surface area contributed by atoms with Crippen LogP contribution in [0, 0.1) is 5.82 Å². The van der Waals surface area contributed by atoms with Gasteiger partial charge in [0.2, 0.25) is 10.0 Å².